The van der Waals surface area contributed by atoms with Crippen LogP contribution in [-0.4, -0.2) is 44.9 Å². The molecule has 1 aliphatic rings. The molecule has 1 aromatic carbocycles. The molecule has 0 aromatic heterocycles. The fourth-order valence-electron chi connectivity index (χ4n) is 2.10. The minimum atomic E-state index is -3.81. The molecule has 2 N–H and O–H groups in total. The monoisotopic (exact) mass is 318 g/mol. The second-order valence-electron chi connectivity index (χ2n) is 4.54. The Hall–Kier alpha value is -1.15. The average Bonchev–Trinajstić information content (AvgIpc) is 2.85. The Morgan fingerprint density at radius 3 is 2.75 bits per heavy atom. The Labute approximate surface area is 122 Å². The smallest absolute Gasteiger partial charge is 0.339 e. The zero-order chi connectivity index (χ0) is 14.9. The topological polar surface area (TPSA) is 89.7 Å². The second-order valence-corrected chi connectivity index (χ2v) is 6.89. The molecule has 1 saturated heterocycles. The predicted octanol–water partition coefficient (Wildman–Crippen LogP) is 0.848. The summed E-state index contributed by atoms with van der Waals surface area (Å²) in [5.41, 5.74) is 5.70. The van der Waals surface area contributed by atoms with E-state index in [9.17, 15) is 13.2 Å². The van der Waals surface area contributed by atoms with Crippen molar-refractivity contribution in [1.29, 1.82) is 0 Å². The van der Waals surface area contributed by atoms with Gasteiger partial charge in [0.05, 0.1) is 17.6 Å². The Balaban J connectivity index is 2.50. The largest absolute Gasteiger partial charge is 0.465 e. The van der Waals surface area contributed by atoms with Crippen LogP contribution in [0.2, 0.25) is 5.02 Å². The first-order valence-electron chi connectivity index (χ1n) is 6.00. The number of sulfonamides is 1. The fraction of sp³-hybridized carbons (Fsp3) is 0.417. The highest BCUT2D eigenvalue weighted by Crippen LogP contribution is 2.26. The number of halogens is 1. The van der Waals surface area contributed by atoms with E-state index in [4.69, 9.17) is 17.3 Å². The van der Waals surface area contributed by atoms with Crippen LogP contribution in [0.25, 0.3) is 0 Å². The van der Waals surface area contributed by atoms with E-state index >= 15 is 0 Å². The van der Waals surface area contributed by atoms with E-state index in [0.29, 0.717) is 13.0 Å². The summed E-state index contributed by atoms with van der Waals surface area (Å²) in [5, 5.41) is 0.236. The second kappa shape index (κ2) is 5.69. The molecule has 0 amide bonds. The van der Waals surface area contributed by atoms with Crippen LogP contribution in [0, 0.1) is 0 Å². The molecule has 0 unspecified atom stereocenters. The maximum absolute atomic E-state index is 12.6. The van der Waals surface area contributed by atoms with Gasteiger partial charge in [0.1, 0.15) is 0 Å². The van der Waals surface area contributed by atoms with Gasteiger partial charge < -0.3 is 10.5 Å². The molecule has 1 aliphatic heterocycles. The Morgan fingerprint density at radius 2 is 2.20 bits per heavy atom. The van der Waals surface area contributed by atoms with Crippen molar-refractivity contribution < 1.29 is 17.9 Å². The molecule has 8 heteroatoms. The highest BCUT2D eigenvalue weighted by atomic mass is 35.5. The maximum Gasteiger partial charge on any atom is 0.339 e. The van der Waals surface area contributed by atoms with Gasteiger partial charge in [0, 0.05) is 24.2 Å². The first kappa shape index (κ1) is 15.2. The number of benzene rings is 1. The van der Waals surface area contributed by atoms with Gasteiger partial charge in [-0.1, -0.05) is 11.6 Å². The Kier molecular flexibility index (Phi) is 4.33. The summed E-state index contributed by atoms with van der Waals surface area (Å²) in [6.45, 7) is 0.562. The minimum Gasteiger partial charge on any atom is -0.465 e. The van der Waals surface area contributed by atoms with Crippen LogP contribution in [0.4, 0.5) is 0 Å². The van der Waals surface area contributed by atoms with E-state index in [0.717, 1.165) is 0 Å². The number of esters is 1. The molecule has 0 bridgehead atoms. The van der Waals surface area contributed by atoms with Crippen molar-refractivity contribution in [2.24, 2.45) is 5.73 Å². The lowest BCUT2D eigenvalue weighted by Crippen LogP contribution is -2.33. The Bertz CT molecular complexity index is 632. The highest BCUT2D eigenvalue weighted by Gasteiger charge is 2.34. The molecule has 1 aromatic rings. The van der Waals surface area contributed by atoms with E-state index in [1.807, 2.05) is 0 Å². The molecule has 2 rings (SSSR count). The molecular weight excluding hydrogens is 304 g/mol. The number of hydrogen-bond acceptors (Lipinski definition) is 5. The summed E-state index contributed by atoms with van der Waals surface area (Å²) in [5.74, 6) is -0.719. The van der Waals surface area contributed by atoms with Crippen LogP contribution in [0.5, 0.6) is 0 Å². The Morgan fingerprint density at radius 1 is 1.50 bits per heavy atom. The molecule has 1 heterocycles. The van der Waals surface area contributed by atoms with Gasteiger partial charge in [-0.2, -0.15) is 4.31 Å². The van der Waals surface area contributed by atoms with Crippen LogP contribution >= 0.6 is 11.6 Å². The van der Waals surface area contributed by atoms with Gasteiger partial charge in [0.2, 0.25) is 10.0 Å². The summed E-state index contributed by atoms with van der Waals surface area (Å²) in [6, 6.07) is 3.86. The van der Waals surface area contributed by atoms with E-state index in [-0.39, 0.29) is 28.1 Å². The molecule has 110 valence electrons. The van der Waals surface area contributed by atoms with E-state index in [1.54, 1.807) is 0 Å². The van der Waals surface area contributed by atoms with Gasteiger partial charge in [-0.15, -0.1) is 0 Å². The fourth-order valence-corrected chi connectivity index (χ4v) is 4.05. The molecule has 1 atom stereocenters. The van der Waals surface area contributed by atoms with Crippen LogP contribution in [0.1, 0.15) is 16.8 Å². The van der Waals surface area contributed by atoms with Crippen molar-refractivity contribution >= 4 is 27.6 Å². The van der Waals surface area contributed by atoms with Gasteiger partial charge in [0.15, 0.2) is 0 Å². The number of nitrogens with zero attached hydrogens (tertiary/aromatic N) is 1. The number of methoxy groups -OCH3 is 1. The van der Waals surface area contributed by atoms with Gasteiger partial charge >= 0.3 is 5.97 Å². The summed E-state index contributed by atoms with van der Waals surface area (Å²) in [6.07, 6.45) is 0.591. The molecule has 0 spiro atoms. The third-order valence-electron chi connectivity index (χ3n) is 3.15. The predicted molar refractivity (Wildman–Crippen MR) is 74.1 cm³/mol. The average molecular weight is 319 g/mol. The lowest BCUT2D eigenvalue weighted by molar-refractivity contribution is 0.0596. The number of ether oxygens (including phenoxy) is 1. The van der Waals surface area contributed by atoms with Crippen molar-refractivity contribution in [2.75, 3.05) is 20.2 Å². The SMILES string of the molecule is COC(=O)c1ccc(Cl)cc1S(=O)(=O)N1CC[C@@H](N)C1. The lowest BCUT2D eigenvalue weighted by Gasteiger charge is -2.18. The number of carbonyl (C=O) groups is 1. The third-order valence-corrected chi connectivity index (χ3v) is 5.29. The van der Waals surface area contributed by atoms with Crippen molar-refractivity contribution in [3.63, 3.8) is 0 Å². The van der Waals surface area contributed by atoms with Crippen molar-refractivity contribution in [1.82, 2.24) is 4.31 Å². The third kappa shape index (κ3) is 2.80. The molecular formula is C12H15ClN2O4S. The molecule has 0 saturated carbocycles. The standard InChI is InChI=1S/C12H15ClN2O4S/c1-19-12(16)10-3-2-8(13)6-11(10)20(17,18)15-5-4-9(14)7-15/h2-3,6,9H,4-5,7,14H2,1H3/t9-/m1/s1. The summed E-state index contributed by atoms with van der Waals surface area (Å²) >= 11 is 5.85. The van der Waals surface area contributed by atoms with Crippen molar-refractivity contribution in [2.45, 2.75) is 17.4 Å². The normalized spacial score (nSPS) is 20.1. The summed E-state index contributed by atoms with van der Waals surface area (Å²) in [4.78, 5) is 11.6. The number of rotatable bonds is 3. The number of hydrogen-bond donors (Lipinski definition) is 1. The first-order valence-corrected chi connectivity index (χ1v) is 7.81. The minimum absolute atomic E-state index is 0.0302. The number of nitrogens with two attached hydrogens (primary N) is 1. The van der Waals surface area contributed by atoms with Gasteiger partial charge in [-0.25, -0.2) is 13.2 Å². The summed E-state index contributed by atoms with van der Waals surface area (Å²) in [7, 11) is -2.62. The van der Waals surface area contributed by atoms with Gasteiger partial charge in [-0.3, -0.25) is 0 Å². The van der Waals surface area contributed by atoms with Crippen LogP contribution in [-0.2, 0) is 14.8 Å². The molecule has 1 fully saturated rings. The highest BCUT2D eigenvalue weighted by molar-refractivity contribution is 7.89. The van der Waals surface area contributed by atoms with E-state index in [2.05, 4.69) is 4.74 Å². The molecule has 20 heavy (non-hydrogen) atoms. The van der Waals surface area contributed by atoms with Crippen LogP contribution in [0.15, 0.2) is 23.1 Å². The quantitative estimate of drug-likeness (QED) is 0.834. The van der Waals surface area contributed by atoms with E-state index < -0.39 is 16.0 Å². The molecule has 0 radical (unpaired) electrons. The van der Waals surface area contributed by atoms with Gasteiger partial charge in [0.25, 0.3) is 0 Å². The maximum atomic E-state index is 12.6. The van der Waals surface area contributed by atoms with Crippen LogP contribution in [0.3, 0.4) is 0 Å². The number of carbonyl (C=O) groups excluding carboxylic acids is 1. The van der Waals surface area contributed by atoms with Crippen LogP contribution < -0.4 is 5.73 Å². The van der Waals surface area contributed by atoms with Crippen molar-refractivity contribution in [3.8, 4) is 0 Å². The first-order chi connectivity index (χ1) is 9.36. The zero-order valence-corrected chi connectivity index (χ0v) is 12.4. The zero-order valence-electron chi connectivity index (χ0n) is 10.9. The van der Waals surface area contributed by atoms with Crippen molar-refractivity contribution in [3.05, 3.63) is 28.8 Å². The molecule has 6 nitrogen and oxygen atoms in total. The van der Waals surface area contributed by atoms with Gasteiger partial charge in [-0.05, 0) is 24.6 Å². The lowest BCUT2D eigenvalue weighted by atomic mass is 10.2. The summed E-state index contributed by atoms with van der Waals surface area (Å²) < 4.78 is 31.0. The van der Waals surface area contributed by atoms with E-state index in [1.165, 1.54) is 29.6 Å². The molecule has 0 aliphatic carbocycles.